The molecule has 1 aromatic carbocycles. The predicted octanol–water partition coefficient (Wildman–Crippen LogP) is 1.44. The molecule has 0 aliphatic heterocycles. The van der Waals surface area contributed by atoms with Gasteiger partial charge in [-0.3, -0.25) is 0 Å². The number of rotatable bonds is 2. The third-order valence-electron chi connectivity index (χ3n) is 3.25. The van der Waals surface area contributed by atoms with E-state index in [0.29, 0.717) is 23.6 Å². The van der Waals surface area contributed by atoms with E-state index in [-0.39, 0.29) is 17.5 Å². The lowest BCUT2D eigenvalue weighted by molar-refractivity contribution is 0.109. The SMILES string of the molecule is CC(C)NC1CCc2c(ccc(O)c2O)[C@H]1O. The van der Waals surface area contributed by atoms with E-state index in [1.807, 2.05) is 13.8 Å². The van der Waals surface area contributed by atoms with Crippen LogP contribution in [0.3, 0.4) is 0 Å². The van der Waals surface area contributed by atoms with E-state index >= 15 is 0 Å². The molecule has 4 heteroatoms. The quantitative estimate of drug-likeness (QED) is 0.587. The van der Waals surface area contributed by atoms with Crippen molar-refractivity contribution in [3.8, 4) is 11.5 Å². The number of phenolic OH excluding ortho intramolecular Hbond substituents is 2. The molecule has 1 aliphatic rings. The molecule has 0 aromatic heterocycles. The van der Waals surface area contributed by atoms with Crippen molar-refractivity contribution < 1.29 is 15.3 Å². The van der Waals surface area contributed by atoms with E-state index in [1.165, 1.54) is 6.07 Å². The van der Waals surface area contributed by atoms with Gasteiger partial charge in [0.05, 0.1) is 6.10 Å². The highest BCUT2D eigenvalue weighted by molar-refractivity contribution is 5.51. The van der Waals surface area contributed by atoms with E-state index in [0.717, 1.165) is 6.42 Å². The summed E-state index contributed by atoms with van der Waals surface area (Å²) in [4.78, 5) is 0. The zero-order valence-electron chi connectivity index (χ0n) is 10.1. The van der Waals surface area contributed by atoms with Crippen LogP contribution in [0.5, 0.6) is 11.5 Å². The minimum absolute atomic E-state index is 0.00597. The van der Waals surface area contributed by atoms with Gasteiger partial charge in [0.1, 0.15) is 0 Å². The van der Waals surface area contributed by atoms with Gasteiger partial charge in [-0.15, -0.1) is 0 Å². The van der Waals surface area contributed by atoms with Crippen LogP contribution in [0.1, 0.15) is 37.5 Å². The van der Waals surface area contributed by atoms with E-state index in [9.17, 15) is 15.3 Å². The fraction of sp³-hybridized carbons (Fsp3) is 0.538. The lowest BCUT2D eigenvalue weighted by atomic mass is 9.85. The largest absolute Gasteiger partial charge is 0.504 e. The number of fused-ring (bicyclic) bond motifs is 1. The van der Waals surface area contributed by atoms with Crippen molar-refractivity contribution in [1.29, 1.82) is 0 Å². The monoisotopic (exact) mass is 237 g/mol. The van der Waals surface area contributed by atoms with E-state index in [2.05, 4.69) is 5.32 Å². The van der Waals surface area contributed by atoms with Gasteiger partial charge in [-0.25, -0.2) is 0 Å². The van der Waals surface area contributed by atoms with Gasteiger partial charge < -0.3 is 20.6 Å². The molecule has 1 unspecified atom stereocenters. The normalized spacial score (nSPS) is 23.8. The third kappa shape index (κ3) is 2.23. The highest BCUT2D eigenvalue weighted by Gasteiger charge is 2.30. The summed E-state index contributed by atoms with van der Waals surface area (Å²) in [7, 11) is 0. The topological polar surface area (TPSA) is 72.7 Å². The highest BCUT2D eigenvalue weighted by Crippen LogP contribution is 2.39. The van der Waals surface area contributed by atoms with Crippen molar-refractivity contribution in [2.45, 2.75) is 44.9 Å². The number of phenols is 2. The fourth-order valence-electron chi connectivity index (χ4n) is 2.46. The molecule has 1 aliphatic carbocycles. The first-order valence-electron chi connectivity index (χ1n) is 5.98. The van der Waals surface area contributed by atoms with Crippen LogP contribution >= 0.6 is 0 Å². The minimum atomic E-state index is -0.632. The molecule has 0 radical (unpaired) electrons. The zero-order chi connectivity index (χ0) is 12.6. The van der Waals surface area contributed by atoms with Gasteiger partial charge in [0.15, 0.2) is 11.5 Å². The van der Waals surface area contributed by atoms with Crippen LogP contribution in [0.4, 0.5) is 0 Å². The number of nitrogens with one attached hydrogen (secondary N) is 1. The van der Waals surface area contributed by atoms with Crippen LogP contribution in [0, 0.1) is 0 Å². The molecule has 1 aromatic rings. The predicted molar refractivity (Wildman–Crippen MR) is 65.1 cm³/mol. The Kier molecular flexibility index (Phi) is 3.26. The van der Waals surface area contributed by atoms with Crippen molar-refractivity contribution in [2.24, 2.45) is 0 Å². The lowest BCUT2D eigenvalue weighted by Gasteiger charge is -2.32. The van der Waals surface area contributed by atoms with Gasteiger partial charge in [0.2, 0.25) is 0 Å². The Balaban J connectivity index is 2.30. The maximum Gasteiger partial charge on any atom is 0.161 e. The second-order valence-corrected chi connectivity index (χ2v) is 4.91. The smallest absolute Gasteiger partial charge is 0.161 e. The van der Waals surface area contributed by atoms with Crippen molar-refractivity contribution in [3.63, 3.8) is 0 Å². The molecule has 17 heavy (non-hydrogen) atoms. The number of aliphatic hydroxyl groups excluding tert-OH is 1. The fourth-order valence-corrected chi connectivity index (χ4v) is 2.46. The second-order valence-electron chi connectivity index (χ2n) is 4.91. The molecule has 2 atom stereocenters. The number of aromatic hydroxyl groups is 2. The maximum atomic E-state index is 10.2. The van der Waals surface area contributed by atoms with E-state index in [1.54, 1.807) is 6.07 Å². The van der Waals surface area contributed by atoms with Crippen molar-refractivity contribution in [2.75, 3.05) is 0 Å². The van der Waals surface area contributed by atoms with E-state index in [4.69, 9.17) is 0 Å². The molecular formula is C13H19NO3. The molecule has 0 saturated heterocycles. The van der Waals surface area contributed by atoms with Crippen LogP contribution in [0.25, 0.3) is 0 Å². The standard InChI is InChI=1S/C13H19NO3/c1-7(2)14-10-5-3-9-8(12(10)16)4-6-11(15)13(9)17/h4,6-7,10,12,14-17H,3,5H2,1-2H3/t10?,12-/m1/s1. The van der Waals surface area contributed by atoms with Crippen LogP contribution < -0.4 is 5.32 Å². The molecule has 0 saturated carbocycles. The van der Waals surface area contributed by atoms with Crippen LogP contribution in [0.15, 0.2) is 12.1 Å². The van der Waals surface area contributed by atoms with Gasteiger partial charge in [-0.05, 0) is 24.5 Å². The first-order valence-corrected chi connectivity index (χ1v) is 5.98. The Bertz CT molecular complexity index is 417. The lowest BCUT2D eigenvalue weighted by Crippen LogP contribution is -2.41. The minimum Gasteiger partial charge on any atom is -0.504 e. The molecule has 2 rings (SSSR count). The summed E-state index contributed by atoms with van der Waals surface area (Å²) in [6.45, 7) is 4.08. The summed E-state index contributed by atoms with van der Waals surface area (Å²) >= 11 is 0. The summed E-state index contributed by atoms with van der Waals surface area (Å²) in [6, 6.07) is 3.42. The molecule has 0 bridgehead atoms. The second kappa shape index (κ2) is 4.55. The summed E-state index contributed by atoms with van der Waals surface area (Å²) in [5.74, 6) is -0.212. The molecular weight excluding hydrogens is 218 g/mol. The molecule has 0 spiro atoms. The Labute approximate surface area is 101 Å². The first-order chi connectivity index (χ1) is 8.00. The van der Waals surface area contributed by atoms with E-state index < -0.39 is 6.10 Å². The first kappa shape index (κ1) is 12.2. The average Bonchev–Trinajstić information content (AvgIpc) is 2.27. The van der Waals surface area contributed by atoms with Crippen LogP contribution in [-0.4, -0.2) is 27.4 Å². The van der Waals surface area contributed by atoms with Crippen molar-refractivity contribution in [1.82, 2.24) is 5.32 Å². The van der Waals surface area contributed by atoms with Gasteiger partial charge in [-0.1, -0.05) is 19.9 Å². The number of hydrogen-bond donors (Lipinski definition) is 4. The summed E-state index contributed by atoms with van der Waals surface area (Å²) in [5, 5.41) is 32.7. The Morgan fingerprint density at radius 1 is 1.29 bits per heavy atom. The Morgan fingerprint density at radius 3 is 2.65 bits per heavy atom. The zero-order valence-corrected chi connectivity index (χ0v) is 10.1. The highest BCUT2D eigenvalue weighted by atomic mass is 16.3. The molecule has 94 valence electrons. The Morgan fingerprint density at radius 2 is 2.00 bits per heavy atom. The number of benzene rings is 1. The summed E-state index contributed by atoms with van der Waals surface area (Å²) < 4.78 is 0. The molecule has 4 nitrogen and oxygen atoms in total. The number of aliphatic hydroxyl groups is 1. The van der Waals surface area contributed by atoms with Crippen molar-refractivity contribution in [3.05, 3.63) is 23.3 Å². The van der Waals surface area contributed by atoms with Gasteiger partial charge in [0.25, 0.3) is 0 Å². The van der Waals surface area contributed by atoms with Crippen molar-refractivity contribution >= 4 is 0 Å². The molecule has 0 heterocycles. The molecule has 0 amide bonds. The molecule has 4 N–H and O–H groups in total. The van der Waals surface area contributed by atoms with Gasteiger partial charge in [-0.2, -0.15) is 0 Å². The van der Waals surface area contributed by atoms with Gasteiger partial charge >= 0.3 is 0 Å². The van der Waals surface area contributed by atoms with Crippen LogP contribution in [-0.2, 0) is 6.42 Å². The van der Waals surface area contributed by atoms with Crippen LogP contribution in [0.2, 0.25) is 0 Å². The maximum absolute atomic E-state index is 10.2. The average molecular weight is 237 g/mol. The molecule has 0 fully saturated rings. The third-order valence-corrected chi connectivity index (χ3v) is 3.25. The summed E-state index contributed by atoms with van der Waals surface area (Å²) in [5.41, 5.74) is 1.38. The van der Waals surface area contributed by atoms with Gasteiger partial charge in [0, 0.05) is 17.6 Å². The summed E-state index contributed by atoms with van der Waals surface area (Å²) in [6.07, 6.45) is 0.785. The Hall–Kier alpha value is -1.26. The number of hydrogen-bond acceptors (Lipinski definition) is 4.